The van der Waals surface area contributed by atoms with Crippen LogP contribution in [0.4, 0.5) is 18.9 Å². The van der Waals surface area contributed by atoms with E-state index >= 15 is 0 Å². The van der Waals surface area contributed by atoms with Gasteiger partial charge in [0, 0.05) is 17.8 Å². The Kier molecular flexibility index (Phi) is 4.11. The van der Waals surface area contributed by atoms with Crippen molar-refractivity contribution in [1.82, 2.24) is 0 Å². The quantitative estimate of drug-likeness (QED) is 0.726. The summed E-state index contributed by atoms with van der Waals surface area (Å²) >= 11 is 0. The molecule has 0 unspecified atom stereocenters. The van der Waals surface area contributed by atoms with Gasteiger partial charge in [-0.3, -0.25) is 4.79 Å². The number of alkyl halides is 3. The molecule has 126 valence electrons. The number of benzene rings is 2. The molecule has 2 aromatic carbocycles. The molecule has 2 aromatic rings. The lowest BCUT2D eigenvalue weighted by Gasteiger charge is -2.30. The first-order valence-electron chi connectivity index (χ1n) is 7.86. The molecule has 0 saturated heterocycles. The third-order valence-corrected chi connectivity index (χ3v) is 4.39. The van der Waals surface area contributed by atoms with Crippen molar-refractivity contribution >= 4 is 11.6 Å². The normalized spacial score (nSPS) is 14.5. The zero-order valence-corrected chi connectivity index (χ0v) is 13.6. The van der Waals surface area contributed by atoms with Crippen molar-refractivity contribution in [1.29, 1.82) is 0 Å². The van der Waals surface area contributed by atoms with Gasteiger partial charge in [-0.15, -0.1) is 0 Å². The molecule has 0 atom stereocenters. The molecular formula is C19H18F3NO. The van der Waals surface area contributed by atoms with Gasteiger partial charge in [0.1, 0.15) is 0 Å². The third-order valence-electron chi connectivity index (χ3n) is 4.39. The monoisotopic (exact) mass is 333 g/mol. The fourth-order valence-electron chi connectivity index (χ4n) is 3.10. The van der Waals surface area contributed by atoms with E-state index < -0.39 is 11.7 Å². The lowest BCUT2D eigenvalue weighted by atomic mass is 9.97. The van der Waals surface area contributed by atoms with E-state index in [4.69, 9.17) is 0 Å². The molecule has 24 heavy (non-hydrogen) atoms. The summed E-state index contributed by atoms with van der Waals surface area (Å²) in [7, 11) is 0. The SMILES string of the molecule is Cc1ccc(C)c(C(=O)N2CCCc3cc(C(F)(F)F)ccc32)c1. The molecule has 2 nitrogen and oxygen atoms in total. The van der Waals surface area contributed by atoms with Crippen molar-refractivity contribution in [2.75, 3.05) is 11.4 Å². The number of rotatable bonds is 1. The van der Waals surface area contributed by atoms with Gasteiger partial charge < -0.3 is 4.90 Å². The van der Waals surface area contributed by atoms with E-state index in [1.54, 1.807) is 4.90 Å². The Labute approximate surface area is 138 Å². The highest BCUT2D eigenvalue weighted by atomic mass is 19.4. The van der Waals surface area contributed by atoms with Crippen LogP contribution < -0.4 is 4.90 Å². The Balaban J connectivity index is 2.00. The zero-order valence-electron chi connectivity index (χ0n) is 13.6. The van der Waals surface area contributed by atoms with Crippen LogP contribution in [0.15, 0.2) is 36.4 Å². The summed E-state index contributed by atoms with van der Waals surface area (Å²) in [6.07, 6.45) is -3.16. The van der Waals surface area contributed by atoms with Gasteiger partial charge in [-0.05, 0) is 62.1 Å². The van der Waals surface area contributed by atoms with Gasteiger partial charge in [0.15, 0.2) is 0 Å². The second kappa shape index (κ2) is 5.96. The van der Waals surface area contributed by atoms with Gasteiger partial charge in [-0.1, -0.05) is 17.7 Å². The van der Waals surface area contributed by atoms with E-state index in [-0.39, 0.29) is 5.91 Å². The molecule has 1 aliphatic heterocycles. The summed E-state index contributed by atoms with van der Waals surface area (Å²) in [5, 5.41) is 0. The summed E-state index contributed by atoms with van der Waals surface area (Å²) < 4.78 is 38.7. The number of amides is 1. The van der Waals surface area contributed by atoms with E-state index in [0.717, 1.165) is 23.3 Å². The van der Waals surface area contributed by atoms with Gasteiger partial charge in [0.2, 0.25) is 0 Å². The number of halogens is 3. The number of hydrogen-bond donors (Lipinski definition) is 0. The first-order valence-corrected chi connectivity index (χ1v) is 7.86. The minimum Gasteiger partial charge on any atom is -0.308 e. The largest absolute Gasteiger partial charge is 0.416 e. The van der Waals surface area contributed by atoms with Crippen LogP contribution >= 0.6 is 0 Å². The van der Waals surface area contributed by atoms with E-state index in [1.165, 1.54) is 6.07 Å². The van der Waals surface area contributed by atoms with Gasteiger partial charge in [-0.25, -0.2) is 0 Å². The molecule has 0 aliphatic carbocycles. The highest BCUT2D eigenvalue weighted by Crippen LogP contribution is 2.35. The third kappa shape index (κ3) is 3.03. The predicted octanol–water partition coefficient (Wildman–Crippen LogP) is 4.92. The topological polar surface area (TPSA) is 20.3 Å². The summed E-state index contributed by atoms with van der Waals surface area (Å²) in [5.41, 5.74) is 2.94. The van der Waals surface area contributed by atoms with E-state index in [0.29, 0.717) is 36.2 Å². The maximum atomic E-state index is 12.9. The Bertz CT molecular complexity index is 796. The Morgan fingerprint density at radius 1 is 1.08 bits per heavy atom. The molecule has 0 radical (unpaired) electrons. The number of carbonyl (C=O) groups is 1. The van der Waals surface area contributed by atoms with Crippen LogP contribution in [-0.4, -0.2) is 12.5 Å². The van der Waals surface area contributed by atoms with Gasteiger partial charge in [0.25, 0.3) is 5.91 Å². The zero-order chi connectivity index (χ0) is 17.5. The smallest absolute Gasteiger partial charge is 0.308 e. The maximum Gasteiger partial charge on any atom is 0.416 e. The molecule has 0 N–H and O–H groups in total. The van der Waals surface area contributed by atoms with E-state index in [1.807, 2.05) is 32.0 Å². The molecule has 0 saturated carbocycles. The average Bonchev–Trinajstić information content (AvgIpc) is 2.54. The molecule has 0 aromatic heterocycles. The molecule has 0 bridgehead atoms. The van der Waals surface area contributed by atoms with Gasteiger partial charge >= 0.3 is 6.18 Å². The summed E-state index contributed by atoms with van der Waals surface area (Å²) in [4.78, 5) is 14.5. The average molecular weight is 333 g/mol. The van der Waals surface area contributed by atoms with Crippen LogP contribution in [0.1, 0.15) is 39.0 Å². The van der Waals surface area contributed by atoms with Crippen LogP contribution in [0.25, 0.3) is 0 Å². The minimum absolute atomic E-state index is 0.156. The molecule has 0 fully saturated rings. The molecular weight excluding hydrogens is 315 g/mol. The van der Waals surface area contributed by atoms with Crippen LogP contribution in [0.3, 0.4) is 0 Å². The summed E-state index contributed by atoms with van der Waals surface area (Å²) in [6, 6.07) is 9.29. The number of carbonyl (C=O) groups excluding carboxylic acids is 1. The fraction of sp³-hybridized carbons (Fsp3) is 0.316. The van der Waals surface area contributed by atoms with Gasteiger partial charge in [0.05, 0.1) is 5.56 Å². The molecule has 5 heteroatoms. The van der Waals surface area contributed by atoms with Crippen LogP contribution in [-0.2, 0) is 12.6 Å². The van der Waals surface area contributed by atoms with Crippen molar-refractivity contribution in [3.05, 3.63) is 64.2 Å². The predicted molar refractivity (Wildman–Crippen MR) is 87.4 cm³/mol. The second-order valence-electron chi connectivity index (χ2n) is 6.22. The number of fused-ring (bicyclic) bond motifs is 1. The Hall–Kier alpha value is -2.30. The molecule has 1 aliphatic rings. The number of hydrogen-bond acceptors (Lipinski definition) is 1. The van der Waals surface area contributed by atoms with Crippen LogP contribution in [0.2, 0.25) is 0 Å². The lowest BCUT2D eigenvalue weighted by molar-refractivity contribution is -0.137. The Morgan fingerprint density at radius 2 is 1.83 bits per heavy atom. The van der Waals surface area contributed by atoms with Gasteiger partial charge in [-0.2, -0.15) is 13.2 Å². The molecule has 1 amide bonds. The summed E-state index contributed by atoms with van der Waals surface area (Å²) in [6.45, 7) is 4.30. The number of aryl methyl sites for hydroxylation is 3. The Morgan fingerprint density at radius 3 is 2.54 bits per heavy atom. The maximum absolute atomic E-state index is 12.9. The minimum atomic E-state index is -4.37. The van der Waals surface area contributed by atoms with Crippen molar-refractivity contribution in [2.45, 2.75) is 32.9 Å². The molecule has 3 rings (SSSR count). The van der Waals surface area contributed by atoms with E-state index in [2.05, 4.69) is 0 Å². The van der Waals surface area contributed by atoms with Crippen molar-refractivity contribution in [3.63, 3.8) is 0 Å². The van der Waals surface area contributed by atoms with Crippen molar-refractivity contribution in [2.24, 2.45) is 0 Å². The van der Waals surface area contributed by atoms with Crippen molar-refractivity contribution in [3.8, 4) is 0 Å². The summed E-state index contributed by atoms with van der Waals surface area (Å²) in [5.74, 6) is -0.156. The standard InChI is InChI=1S/C19H18F3NO/c1-12-5-6-13(2)16(10-12)18(24)23-9-3-4-14-11-15(19(20,21)22)7-8-17(14)23/h5-8,10-11H,3-4,9H2,1-2H3. The fourth-order valence-corrected chi connectivity index (χ4v) is 3.10. The van der Waals surface area contributed by atoms with Crippen LogP contribution in [0.5, 0.6) is 0 Å². The van der Waals surface area contributed by atoms with E-state index in [9.17, 15) is 18.0 Å². The molecule has 0 spiro atoms. The molecule has 1 heterocycles. The first kappa shape index (κ1) is 16.6. The number of nitrogens with zero attached hydrogens (tertiary/aromatic N) is 1. The highest BCUT2D eigenvalue weighted by molar-refractivity contribution is 6.07. The number of anilines is 1. The first-order chi connectivity index (χ1) is 11.3. The lowest BCUT2D eigenvalue weighted by Crippen LogP contribution is -2.36. The van der Waals surface area contributed by atoms with Crippen molar-refractivity contribution < 1.29 is 18.0 Å². The second-order valence-corrected chi connectivity index (χ2v) is 6.22. The van der Waals surface area contributed by atoms with Crippen LogP contribution in [0, 0.1) is 13.8 Å². The highest BCUT2D eigenvalue weighted by Gasteiger charge is 2.33.